The highest BCUT2D eigenvalue weighted by molar-refractivity contribution is 6.30. The Hall–Kier alpha value is -1.39. The minimum absolute atomic E-state index is 0.0353. The van der Waals surface area contributed by atoms with Crippen molar-refractivity contribution in [2.24, 2.45) is 5.92 Å². The molecule has 1 N–H and O–H groups in total. The van der Waals surface area contributed by atoms with E-state index in [0.29, 0.717) is 11.6 Å². The minimum atomic E-state index is -0.0353. The fourth-order valence-corrected chi connectivity index (χ4v) is 2.31. The second-order valence-corrected chi connectivity index (χ2v) is 5.24. The molecule has 1 aromatic carbocycles. The molecule has 0 spiro atoms. The number of likely N-dealkylation sites (tertiary alicyclic amines) is 1. The molecule has 1 aromatic rings. The van der Waals surface area contributed by atoms with Gasteiger partial charge in [0.2, 0.25) is 5.91 Å². The molecular formula is C14H17ClN2O2. The number of hydrogen-bond acceptors (Lipinski definition) is 3. The predicted octanol–water partition coefficient (Wildman–Crippen LogP) is 2.19. The van der Waals surface area contributed by atoms with Gasteiger partial charge in [-0.05, 0) is 50.2 Å². The summed E-state index contributed by atoms with van der Waals surface area (Å²) in [4.78, 5) is 24.6. The quantitative estimate of drug-likeness (QED) is 0.860. The first-order chi connectivity index (χ1) is 9.17. The highest BCUT2D eigenvalue weighted by atomic mass is 35.5. The van der Waals surface area contributed by atoms with Crippen LogP contribution in [-0.2, 0) is 9.59 Å². The molecule has 0 aromatic heterocycles. The van der Waals surface area contributed by atoms with E-state index in [-0.39, 0.29) is 11.8 Å². The number of hydrogen-bond donors (Lipinski definition) is 1. The predicted molar refractivity (Wildman–Crippen MR) is 75.3 cm³/mol. The van der Waals surface area contributed by atoms with Crippen LogP contribution in [0.4, 0.5) is 5.69 Å². The van der Waals surface area contributed by atoms with Crippen LogP contribution in [0.3, 0.4) is 0 Å². The zero-order chi connectivity index (χ0) is 13.7. The van der Waals surface area contributed by atoms with Gasteiger partial charge in [0.15, 0.2) is 0 Å². The molecule has 0 saturated carbocycles. The molecule has 0 bridgehead atoms. The van der Waals surface area contributed by atoms with Crippen molar-refractivity contribution in [1.29, 1.82) is 0 Å². The topological polar surface area (TPSA) is 49.4 Å². The molecule has 1 fully saturated rings. The third-order valence-corrected chi connectivity index (χ3v) is 3.57. The molecule has 0 atom stereocenters. The van der Waals surface area contributed by atoms with Crippen molar-refractivity contribution in [1.82, 2.24) is 4.90 Å². The maximum atomic E-state index is 11.9. The number of nitrogens with one attached hydrogen (secondary N) is 1. The number of aldehydes is 1. The second kappa shape index (κ2) is 6.68. The smallest absolute Gasteiger partial charge is 0.238 e. The van der Waals surface area contributed by atoms with E-state index in [4.69, 9.17) is 11.6 Å². The monoisotopic (exact) mass is 280 g/mol. The largest absolute Gasteiger partial charge is 0.325 e. The normalized spacial score (nSPS) is 17.1. The highest BCUT2D eigenvalue weighted by Crippen LogP contribution is 2.16. The van der Waals surface area contributed by atoms with Gasteiger partial charge in [-0.15, -0.1) is 0 Å². The maximum Gasteiger partial charge on any atom is 0.238 e. The van der Waals surface area contributed by atoms with Crippen LogP contribution in [0.5, 0.6) is 0 Å². The molecule has 4 nitrogen and oxygen atoms in total. The third-order valence-electron chi connectivity index (χ3n) is 3.32. The number of anilines is 1. The van der Waals surface area contributed by atoms with E-state index >= 15 is 0 Å². The van der Waals surface area contributed by atoms with E-state index in [1.165, 1.54) is 0 Å². The van der Waals surface area contributed by atoms with Crippen molar-refractivity contribution in [3.63, 3.8) is 0 Å². The van der Waals surface area contributed by atoms with E-state index in [9.17, 15) is 9.59 Å². The van der Waals surface area contributed by atoms with Crippen molar-refractivity contribution < 1.29 is 9.59 Å². The molecule has 1 aliphatic heterocycles. The fourth-order valence-electron chi connectivity index (χ4n) is 2.18. The Kier molecular flexibility index (Phi) is 4.93. The first kappa shape index (κ1) is 14.0. The lowest BCUT2D eigenvalue weighted by atomic mass is 9.99. The van der Waals surface area contributed by atoms with Gasteiger partial charge in [-0.1, -0.05) is 11.6 Å². The summed E-state index contributed by atoms with van der Waals surface area (Å²) in [6.07, 6.45) is 2.71. The van der Waals surface area contributed by atoms with E-state index in [0.717, 1.165) is 37.9 Å². The Morgan fingerprint density at radius 3 is 2.53 bits per heavy atom. The number of nitrogens with zero attached hydrogens (tertiary/aromatic N) is 1. The molecular weight excluding hydrogens is 264 g/mol. The van der Waals surface area contributed by atoms with Gasteiger partial charge >= 0.3 is 0 Å². The number of carbonyl (C=O) groups excluding carboxylic acids is 2. The summed E-state index contributed by atoms with van der Waals surface area (Å²) < 4.78 is 0. The van der Waals surface area contributed by atoms with Crippen LogP contribution >= 0.6 is 11.6 Å². The summed E-state index contributed by atoms with van der Waals surface area (Å²) in [5, 5.41) is 3.48. The van der Waals surface area contributed by atoms with Crippen molar-refractivity contribution in [3.8, 4) is 0 Å². The summed E-state index contributed by atoms with van der Waals surface area (Å²) in [6, 6.07) is 7.04. The molecule has 1 aliphatic rings. The zero-order valence-corrected chi connectivity index (χ0v) is 11.4. The van der Waals surface area contributed by atoms with Crippen molar-refractivity contribution >= 4 is 29.5 Å². The van der Waals surface area contributed by atoms with E-state index in [2.05, 4.69) is 10.2 Å². The van der Waals surface area contributed by atoms with Gasteiger partial charge in [0.05, 0.1) is 6.54 Å². The molecule has 19 heavy (non-hydrogen) atoms. The standard InChI is InChI=1S/C14H17ClN2O2/c15-12-1-3-13(4-2-12)16-14(19)9-17-7-5-11(10-18)6-8-17/h1-4,10-11H,5-9H2,(H,16,19). The second-order valence-electron chi connectivity index (χ2n) is 4.80. The summed E-state index contributed by atoms with van der Waals surface area (Å²) in [5.41, 5.74) is 0.747. The summed E-state index contributed by atoms with van der Waals surface area (Å²) in [5.74, 6) is 0.127. The van der Waals surface area contributed by atoms with Crippen LogP contribution in [0.25, 0.3) is 0 Å². The third kappa shape index (κ3) is 4.33. The lowest BCUT2D eigenvalue weighted by molar-refractivity contribution is -0.117. The van der Waals surface area contributed by atoms with Crippen molar-refractivity contribution in [3.05, 3.63) is 29.3 Å². The average molecular weight is 281 g/mol. The molecule has 1 amide bonds. The van der Waals surface area contributed by atoms with Crippen LogP contribution in [0.2, 0.25) is 5.02 Å². The molecule has 0 unspecified atom stereocenters. The van der Waals surface area contributed by atoms with Gasteiger partial charge in [-0.25, -0.2) is 0 Å². The molecule has 2 rings (SSSR count). The summed E-state index contributed by atoms with van der Waals surface area (Å²) >= 11 is 5.78. The Labute approximate surface area is 117 Å². The van der Waals surface area contributed by atoms with Crippen LogP contribution in [-0.4, -0.2) is 36.7 Å². The van der Waals surface area contributed by atoms with E-state index < -0.39 is 0 Å². The molecule has 1 saturated heterocycles. The summed E-state index contributed by atoms with van der Waals surface area (Å²) in [6.45, 7) is 1.98. The Morgan fingerprint density at radius 2 is 1.95 bits per heavy atom. The number of carbonyl (C=O) groups is 2. The van der Waals surface area contributed by atoms with Gasteiger partial charge in [0.25, 0.3) is 0 Å². The first-order valence-electron chi connectivity index (χ1n) is 6.40. The van der Waals surface area contributed by atoms with Crippen LogP contribution in [0.15, 0.2) is 24.3 Å². The van der Waals surface area contributed by atoms with Crippen molar-refractivity contribution in [2.45, 2.75) is 12.8 Å². The molecule has 1 heterocycles. The highest BCUT2D eigenvalue weighted by Gasteiger charge is 2.20. The number of rotatable bonds is 4. The molecule has 0 radical (unpaired) electrons. The number of amides is 1. The molecule has 0 aliphatic carbocycles. The SMILES string of the molecule is O=CC1CCN(CC(=O)Nc2ccc(Cl)cc2)CC1. The van der Waals surface area contributed by atoms with Gasteiger partial charge < -0.3 is 10.1 Å². The maximum absolute atomic E-state index is 11.9. The molecule has 102 valence electrons. The van der Waals surface area contributed by atoms with Crippen LogP contribution in [0.1, 0.15) is 12.8 Å². The van der Waals surface area contributed by atoms with E-state index in [1.807, 2.05) is 0 Å². The van der Waals surface area contributed by atoms with Crippen LogP contribution < -0.4 is 5.32 Å². The fraction of sp³-hybridized carbons (Fsp3) is 0.429. The summed E-state index contributed by atoms with van der Waals surface area (Å²) in [7, 11) is 0. The number of halogens is 1. The Bertz CT molecular complexity index is 439. The van der Waals surface area contributed by atoms with Crippen molar-refractivity contribution in [2.75, 3.05) is 25.0 Å². The van der Waals surface area contributed by atoms with Gasteiger partial charge in [0.1, 0.15) is 6.29 Å². The minimum Gasteiger partial charge on any atom is -0.325 e. The zero-order valence-electron chi connectivity index (χ0n) is 10.6. The number of benzene rings is 1. The average Bonchev–Trinajstić information content (AvgIpc) is 2.42. The van der Waals surface area contributed by atoms with E-state index in [1.54, 1.807) is 24.3 Å². The Morgan fingerprint density at radius 1 is 1.32 bits per heavy atom. The van der Waals surface area contributed by atoms with Gasteiger partial charge in [-0.2, -0.15) is 0 Å². The Balaban J connectivity index is 1.78. The van der Waals surface area contributed by atoms with Crippen LogP contribution in [0, 0.1) is 5.92 Å². The first-order valence-corrected chi connectivity index (χ1v) is 6.78. The van der Waals surface area contributed by atoms with Gasteiger partial charge in [-0.3, -0.25) is 9.69 Å². The lowest BCUT2D eigenvalue weighted by Gasteiger charge is -2.28. The molecule has 5 heteroatoms. The number of piperidine rings is 1. The van der Waals surface area contributed by atoms with Gasteiger partial charge in [0, 0.05) is 16.6 Å². The lowest BCUT2D eigenvalue weighted by Crippen LogP contribution is -2.39.